The van der Waals surface area contributed by atoms with Gasteiger partial charge in [0.05, 0.1) is 0 Å². The lowest BCUT2D eigenvalue weighted by Crippen LogP contribution is -2.12. The molecule has 0 heterocycles. The topological polar surface area (TPSA) is 12.0 Å². The Morgan fingerprint density at radius 2 is 1.39 bits per heavy atom. The highest BCUT2D eigenvalue weighted by molar-refractivity contribution is 9.10. The summed E-state index contributed by atoms with van der Waals surface area (Å²) in [6.45, 7) is 1.09. The summed E-state index contributed by atoms with van der Waals surface area (Å²) in [6, 6.07) is 11.4. The Morgan fingerprint density at radius 1 is 0.833 bits per heavy atom. The van der Waals surface area contributed by atoms with E-state index in [-0.39, 0.29) is 0 Å². The van der Waals surface area contributed by atoms with Crippen LogP contribution >= 0.6 is 15.9 Å². The van der Waals surface area contributed by atoms with Crippen LogP contribution in [-0.4, -0.2) is 0 Å². The molecule has 0 unspecified atom stereocenters. The van der Waals surface area contributed by atoms with Crippen LogP contribution in [0.5, 0.6) is 0 Å². The third-order valence-electron chi connectivity index (χ3n) is 2.49. The fraction of sp³-hybridized carbons (Fsp3) is 0.143. The molecule has 2 aromatic rings. The van der Waals surface area contributed by atoms with Gasteiger partial charge in [-0.15, -0.1) is 0 Å². The van der Waals surface area contributed by atoms with Gasteiger partial charge in [-0.2, -0.15) is 0 Å². The number of hydrogen-bond donors (Lipinski definition) is 1. The Balaban J connectivity index is 1.90. The third kappa shape index (κ3) is 3.89. The van der Waals surface area contributed by atoms with E-state index in [1.807, 2.05) is 24.3 Å². The smallest absolute Gasteiger partial charge is 0.126 e. The van der Waals surface area contributed by atoms with E-state index < -0.39 is 11.6 Å². The second-order valence-corrected chi connectivity index (χ2v) is 4.92. The maximum Gasteiger partial charge on any atom is 0.126 e. The summed E-state index contributed by atoms with van der Waals surface area (Å²) in [4.78, 5) is 0. The number of halogens is 3. The summed E-state index contributed by atoms with van der Waals surface area (Å²) in [5, 5.41) is 3.14. The Labute approximate surface area is 113 Å². The minimum Gasteiger partial charge on any atom is -0.309 e. The normalized spacial score (nSPS) is 10.6. The van der Waals surface area contributed by atoms with E-state index in [2.05, 4.69) is 21.2 Å². The van der Waals surface area contributed by atoms with Gasteiger partial charge in [-0.05, 0) is 35.4 Å². The van der Waals surface area contributed by atoms with Crippen molar-refractivity contribution in [3.63, 3.8) is 0 Å². The number of nitrogens with one attached hydrogen (secondary N) is 1. The van der Waals surface area contributed by atoms with Crippen LogP contribution in [0.15, 0.2) is 46.9 Å². The standard InChI is InChI=1S/C14H12BrF2N/c15-12-3-1-10(2-4-12)8-18-9-11-5-13(16)7-14(17)6-11/h1-7,18H,8-9H2. The Bertz CT molecular complexity index is 506. The van der Waals surface area contributed by atoms with Crippen molar-refractivity contribution in [1.29, 1.82) is 0 Å². The fourth-order valence-electron chi connectivity index (χ4n) is 1.67. The van der Waals surface area contributed by atoms with Gasteiger partial charge in [0.2, 0.25) is 0 Å². The Hall–Kier alpha value is -1.26. The second kappa shape index (κ2) is 6.07. The molecule has 4 heteroatoms. The zero-order valence-electron chi connectivity index (χ0n) is 9.59. The Kier molecular flexibility index (Phi) is 4.44. The fourth-order valence-corrected chi connectivity index (χ4v) is 1.93. The van der Waals surface area contributed by atoms with Crippen molar-refractivity contribution in [3.05, 3.63) is 69.7 Å². The van der Waals surface area contributed by atoms with Crippen molar-refractivity contribution in [1.82, 2.24) is 5.32 Å². The molecule has 94 valence electrons. The molecule has 0 aromatic heterocycles. The van der Waals surface area contributed by atoms with Crippen LogP contribution in [0.3, 0.4) is 0 Å². The molecule has 1 N–H and O–H groups in total. The summed E-state index contributed by atoms with van der Waals surface area (Å²) in [7, 11) is 0. The molecule has 0 saturated carbocycles. The third-order valence-corrected chi connectivity index (χ3v) is 3.02. The molecule has 0 atom stereocenters. The first-order valence-electron chi connectivity index (χ1n) is 5.53. The van der Waals surface area contributed by atoms with Gasteiger partial charge < -0.3 is 5.32 Å². The minimum atomic E-state index is -0.546. The molecule has 2 rings (SSSR count). The van der Waals surface area contributed by atoms with Gasteiger partial charge in [-0.25, -0.2) is 8.78 Å². The number of hydrogen-bond acceptors (Lipinski definition) is 1. The molecule has 0 aliphatic heterocycles. The van der Waals surface area contributed by atoms with Crippen molar-refractivity contribution in [2.45, 2.75) is 13.1 Å². The average Bonchev–Trinajstić information content (AvgIpc) is 2.30. The number of benzene rings is 2. The second-order valence-electron chi connectivity index (χ2n) is 4.01. The van der Waals surface area contributed by atoms with Crippen molar-refractivity contribution in [3.8, 4) is 0 Å². The summed E-state index contributed by atoms with van der Waals surface area (Å²) >= 11 is 3.36. The van der Waals surface area contributed by atoms with Crippen LogP contribution in [0.25, 0.3) is 0 Å². The maximum atomic E-state index is 12.9. The lowest BCUT2D eigenvalue weighted by molar-refractivity contribution is 0.575. The molecule has 0 radical (unpaired) electrons. The van der Waals surface area contributed by atoms with E-state index in [9.17, 15) is 8.78 Å². The highest BCUT2D eigenvalue weighted by atomic mass is 79.9. The van der Waals surface area contributed by atoms with Crippen LogP contribution < -0.4 is 5.32 Å². The quantitative estimate of drug-likeness (QED) is 0.899. The van der Waals surface area contributed by atoms with E-state index in [0.717, 1.165) is 16.1 Å². The molecule has 18 heavy (non-hydrogen) atoms. The van der Waals surface area contributed by atoms with Gasteiger partial charge >= 0.3 is 0 Å². The van der Waals surface area contributed by atoms with Crippen molar-refractivity contribution in [2.24, 2.45) is 0 Å². The van der Waals surface area contributed by atoms with Crippen LogP contribution in [0.4, 0.5) is 8.78 Å². The van der Waals surface area contributed by atoms with E-state index in [4.69, 9.17) is 0 Å². The summed E-state index contributed by atoms with van der Waals surface area (Å²) in [5.41, 5.74) is 1.72. The van der Waals surface area contributed by atoms with Gasteiger partial charge in [0.15, 0.2) is 0 Å². The van der Waals surface area contributed by atoms with E-state index in [1.54, 1.807) is 0 Å². The molecule has 1 nitrogen and oxygen atoms in total. The first-order valence-corrected chi connectivity index (χ1v) is 6.33. The lowest BCUT2D eigenvalue weighted by atomic mass is 10.2. The van der Waals surface area contributed by atoms with E-state index in [0.29, 0.717) is 18.7 Å². The summed E-state index contributed by atoms with van der Waals surface area (Å²) < 4.78 is 26.9. The number of rotatable bonds is 4. The molecule has 0 aliphatic carbocycles. The highest BCUT2D eigenvalue weighted by Crippen LogP contribution is 2.11. The largest absolute Gasteiger partial charge is 0.309 e. The molecule has 0 aliphatic rings. The molecule has 0 amide bonds. The monoisotopic (exact) mass is 311 g/mol. The predicted molar refractivity (Wildman–Crippen MR) is 71.0 cm³/mol. The molecule has 0 spiro atoms. The van der Waals surface area contributed by atoms with Crippen molar-refractivity contribution < 1.29 is 8.78 Å². The summed E-state index contributed by atoms with van der Waals surface area (Å²) in [5.74, 6) is -1.09. The van der Waals surface area contributed by atoms with Gasteiger partial charge in [0.25, 0.3) is 0 Å². The lowest BCUT2D eigenvalue weighted by Gasteiger charge is -2.06. The van der Waals surface area contributed by atoms with Crippen LogP contribution in [-0.2, 0) is 13.1 Å². The summed E-state index contributed by atoms with van der Waals surface area (Å²) in [6.07, 6.45) is 0. The Morgan fingerprint density at radius 3 is 2.00 bits per heavy atom. The van der Waals surface area contributed by atoms with Crippen LogP contribution in [0.2, 0.25) is 0 Å². The molecular formula is C14H12BrF2N. The zero-order valence-corrected chi connectivity index (χ0v) is 11.2. The zero-order chi connectivity index (χ0) is 13.0. The molecule has 2 aromatic carbocycles. The molecule has 0 saturated heterocycles. The van der Waals surface area contributed by atoms with Crippen molar-refractivity contribution >= 4 is 15.9 Å². The predicted octanol–water partition coefficient (Wildman–Crippen LogP) is 4.02. The van der Waals surface area contributed by atoms with Gasteiger partial charge in [-0.1, -0.05) is 28.1 Å². The van der Waals surface area contributed by atoms with Gasteiger partial charge in [0.1, 0.15) is 11.6 Å². The maximum absolute atomic E-state index is 12.9. The highest BCUT2D eigenvalue weighted by Gasteiger charge is 2.00. The first-order chi connectivity index (χ1) is 8.63. The van der Waals surface area contributed by atoms with Gasteiger partial charge in [0, 0.05) is 23.6 Å². The van der Waals surface area contributed by atoms with Gasteiger partial charge in [-0.3, -0.25) is 0 Å². The average molecular weight is 312 g/mol. The minimum absolute atomic E-state index is 0.435. The molecular weight excluding hydrogens is 300 g/mol. The first kappa shape index (κ1) is 13.2. The molecule has 0 bridgehead atoms. The van der Waals surface area contributed by atoms with Crippen LogP contribution in [0, 0.1) is 11.6 Å². The van der Waals surface area contributed by atoms with E-state index >= 15 is 0 Å². The van der Waals surface area contributed by atoms with Crippen LogP contribution in [0.1, 0.15) is 11.1 Å². The SMILES string of the molecule is Fc1cc(F)cc(CNCc2ccc(Br)cc2)c1. The molecule has 0 fully saturated rings. The van der Waals surface area contributed by atoms with Crippen molar-refractivity contribution in [2.75, 3.05) is 0 Å². The van der Waals surface area contributed by atoms with E-state index in [1.165, 1.54) is 12.1 Å².